The smallest absolute Gasteiger partial charge is 0.241 e. The Morgan fingerprint density at radius 1 is 1.04 bits per heavy atom. The molecule has 1 amide bonds. The standard InChI is InChI=1S/C20H24N2O2S/c23-20(19-11-4-5-12-21-19)22-18-10-6-9-17(13-18)15-25(24)14-16-7-2-1-3-8-16/h1-3,6-10,13,19,21H,4-5,11-12,14-15H2,(H,22,23). The molecule has 0 aliphatic carbocycles. The second-order valence-electron chi connectivity index (χ2n) is 6.41. The molecule has 132 valence electrons. The highest BCUT2D eigenvalue weighted by atomic mass is 32.2. The molecule has 0 spiro atoms. The molecular formula is C20H24N2O2S. The second-order valence-corrected chi connectivity index (χ2v) is 7.86. The molecule has 1 aliphatic rings. The highest BCUT2D eigenvalue weighted by molar-refractivity contribution is 7.83. The number of piperidine rings is 1. The largest absolute Gasteiger partial charge is 0.325 e. The van der Waals surface area contributed by atoms with Crippen LogP contribution in [0.5, 0.6) is 0 Å². The first kappa shape index (κ1) is 17.8. The Balaban J connectivity index is 1.57. The van der Waals surface area contributed by atoms with Crippen LogP contribution in [-0.2, 0) is 27.1 Å². The monoisotopic (exact) mass is 356 g/mol. The van der Waals surface area contributed by atoms with Gasteiger partial charge in [-0.1, -0.05) is 48.9 Å². The minimum atomic E-state index is -0.972. The maximum Gasteiger partial charge on any atom is 0.241 e. The maximum atomic E-state index is 12.4. The summed E-state index contributed by atoms with van der Waals surface area (Å²) in [6.45, 7) is 0.899. The van der Waals surface area contributed by atoms with Crippen LogP contribution in [0.25, 0.3) is 0 Å². The third kappa shape index (κ3) is 5.51. The fourth-order valence-corrected chi connectivity index (χ4v) is 4.26. The summed E-state index contributed by atoms with van der Waals surface area (Å²) < 4.78 is 12.4. The van der Waals surface area contributed by atoms with Crippen LogP contribution < -0.4 is 10.6 Å². The van der Waals surface area contributed by atoms with E-state index in [2.05, 4.69) is 10.6 Å². The van der Waals surface area contributed by atoms with Gasteiger partial charge in [-0.15, -0.1) is 0 Å². The first-order valence-electron chi connectivity index (χ1n) is 8.73. The quantitative estimate of drug-likeness (QED) is 0.835. The average molecular weight is 356 g/mol. The molecule has 25 heavy (non-hydrogen) atoms. The van der Waals surface area contributed by atoms with Crippen LogP contribution >= 0.6 is 0 Å². The van der Waals surface area contributed by atoms with Gasteiger partial charge in [-0.3, -0.25) is 9.00 Å². The van der Waals surface area contributed by atoms with E-state index in [9.17, 15) is 9.00 Å². The van der Waals surface area contributed by atoms with Gasteiger partial charge in [0, 0.05) is 28.0 Å². The molecule has 1 aliphatic heterocycles. The third-order valence-corrected chi connectivity index (χ3v) is 5.63. The molecule has 0 bridgehead atoms. The van der Waals surface area contributed by atoms with Gasteiger partial charge >= 0.3 is 0 Å². The molecule has 3 rings (SSSR count). The number of nitrogens with one attached hydrogen (secondary N) is 2. The van der Waals surface area contributed by atoms with Gasteiger partial charge in [-0.25, -0.2) is 0 Å². The van der Waals surface area contributed by atoms with E-state index in [1.54, 1.807) is 0 Å². The van der Waals surface area contributed by atoms with Crippen molar-refractivity contribution in [3.8, 4) is 0 Å². The summed E-state index contributed by atoms with van der Waals surface area (Å²) in [6, 6.07) is 17.4. The highest BCUT2D eigenvalue weighted by Crippen LogP contribution is 2.16. The van der Waals surface area contributed by atoms with E-state index in [1.807, 2.05) is 54.6 Å². The lowest BCUT2D eigenvalue weighted by atomic mass is 10.0. The number of anilines is 1. The van der Waals surface area contributed by atoms with Gasteiger partial charge in [0.25, 0.3) is 0 Å². The molecule has 2 aromatic carbocycles. The summed E-state index contributed by atoms with van der Waals surface area (Å²) >= 11 is 0. The van der Waals surface area contributed by atoms with Crippen LogP contribution in [0, 0.1) is 0 Å². The molecule has 4 nitrogen and oxygen atoms in total. The number of hydrogen-bond donors (Lipinski definition) is 2. The molecule has 2 N–H and O–H groups in total. The van der Waals surface area contributed by atoms with Crippen molar-refractivity contribution in [2.45, 2.75) is 36.8 Å². The fourth-order valence-electron chi connectivity index (χ4n) is 3.04. The molecular weight excluding hydrogens is 332 g/mol. The molecule has 2 atom stereocenters. The minimum Gasteiger partial charge on any atom is -0.325 e. The van der Waals surface area contributed by atoms with Crippen molar-refractivity contribution in [2.24, 2.45) is 0 Å². The Kier molecular flexibility index (Phi) is 6.36. The van der Waals surface area contributed by atoms with Crippen LogP contribution in [0.4, 0.5) is 5.69 Å². The first-order valence-corrected chi connectivity index (χ1v) is 10.2. The third-order valence-electron chi connectivity index (χ3n) is 4.32. The van der Waals surface area contributed by atoms with E-state index in [1.165, 1.54) is 0 Å². The van der Waals surface area contributed by atoms with Crippen LogP contribution in [0.15, 0.2) is 54.6 Å². The minimum absolute atomic E-state index is 0.0160. The number of carbonyl (C=O) groups is 1. The predicted octanol–water partition coefficient (Wildman–Crippen LogP) is 3.22. The van der Waals surface area contributed by atoms with Gasteiger partial charge in [-0.05, 0) is 42.6 Å². The Labute approximate surface area is 151 Å². The van der Waals surface area contributed by atoms with Gasteiger partial charge in [0.2, 0.25) is 5.91 Å². The lowest BCUT2D eigenvalue weighted by molar-refractivity contribution is -0.118. The maximum absolute atomic E-state index is 12.4. The van der Waals surface area contributed by atoms with Crippen LogP contribution in [0.2, 0.25) is 0 Å². The van der Waals surface area contributed by atoms with Crippen LogP contribution in [-0.4, -0.2) is 22.7 Å². The molecule has 1 saturated heterocycles. The second kappa shape index (κ2) is 8.92. The Morgan fingerprint density at radius 2 is 1.80 bits per heavy atom. The van der Waals surface area contributed by atoms with Crippen molar-refractivity contribution in [1.82, 2.24) is 5.32 Å². The topological polar surface area (TPSA) is 58.2 Å². The average Bonchev–Trinajstić information content (AvgIpc) is 2.63. The van der Waals surface area contributed by atoms with Crippen molar-refractivity contribution in [2.75, 3.05) is 11.9 Å². The number of amides is 1. The molecule has 2 unspecified atom stereocenters. The zero-order valence-electron chi connectivity index (χ0n) is 14.2. The highest BCUT2D eigenvalue weighted by Gasteiger charge is 2.20. The number of carbonyl (C=O) groups excluding carboxylic acids is 1. The summed E-state index contributed by atoms with van der Waals surface area (Å²) in [7, 11) is -0.972. The van der Waals surface area contributed by atoms with E-state index in [0.29, 0.717) is 11.5 Å². The lowest BCUT2D eigenvalue weighted by Gasteiger charge is -2.22. The van der Waals surface area contributed by atoms with Crippen LogP contribution in [0.1, 0.15) is 30.4 Å². The summed E-state index contributed by atoms with van der Waals surface area (Å²) in [5.41, 5.74) is 2.82. The van der Waals surface area contributed by atoms with Crippen molar-refractivity contribution in [3.63, 3.8) is 0 Å². The predicted molar refractivity (Wildman–Crippen MR) is 103 cm³/mol. The van der Waals surface area contributed by atoms with E-state index < -0.39 is 10.8 Å². The molecule has 2 aromatic rings. The molecule has 1 heterocycles. The number of rotatable bonds is 6. The fraction of sp³-hybridized carbons (Fsp3) is 0.350. The van der Waals surface area contributed by atoms with Gasteiger partial charge in [-0.2, -0.15) is 0 Å². The zero-order valence-corrected chi connectivity index (χ0v) is 15.1. The van der Waals surface area contributed by atoms with E-state index in [4.69, 9.17) is 0 Å². The molecule has 0 radical (unpaired) electrons. The molecule has 0 aromatic heterocycles. The number of hydrogen-bond acceptors (Lipinski definition) is 3. The Hall–Kier alpha value is -1.98. The normalized spacial score (nSPS) is 18.5. The van der Waals surface area contributed by atoms with Crippen LogP contribution in [0.3, 0.4) is 0 Å². The van der Waals surface area contributed by atoms with E-state index in [0.717, 1.165) is 42.6 Å². The van der Waals surface area contributed by atoms with Crippen molar-refractivity contribution >= 4 is 22.4 Å². The summed E-state index contributed by atoms with van der Waals surface area (Å²) in [5, 5.41) is 6.23. The summed E-state index contributed by atoms with van der Waals surface area (Å²) in [6.07, 6.45) is 3.10. The first-order chi connectivity index (χ1) is 12.2. The van der Waals surface area contributed by atoms with Crippen molar-refractivity contribution < 1.29 is 9.00 Å². The molecule has 0 saturated carbocycles. The summed E-state index contributed by atoms with van der Waals surface area (Å²) in [4.78, 5) is 12.3. The van der Waals surface area contributed by atoms with E-state index >= 15 is 0 Å². The van der Waals surface area contributed by atoms with Crippen molar-refractivity contribution in [3.05, 3.63) is 65.7 Å². The Bertz CT molecular complexity index is 727. The van der Waals surface area contributed by atoms with Gasteiger partial charge in [0.05, 0.1) is 6.04 Å². The zero-order chi connectivity index (χ0) is 17.5. The lowest BCUT2D eigenvalue weighted by Crippen LogP contribution is -2.43. The Morgan fingerprint density at radius 3 is 2.56 bits per heavy atom. The molecule has 1 fully saturated rings. The van der Waals surface area contributed by atoms with Gasteiger partial charge in [0.1, 0.15) is 0 Å². The summed E-state index contributed by atoms with van der Waals surface area (Å²) in [5.74, 6) is 1.05. The van der Waals surface area contributed by atoms with Gasteiger partial charge in [0.15, 0.2) is 0 Å². The molecule has 5 heteroatoms. The van der Waals surface area contributed by atoms with Crippen molar-refractivity contribution in [1.29, 1.82) is 0 Å². The van der Waals surface area contributed by atoms with Gasteiger partial charge < -0.3 is 10.6 Å². The SMILES string of the molecule is O=C(Nc1cccc(CS(=O)Cc2ccccc2)c1)C1CCCCN1. The number of benzene rings is 2. The van der Waals surface area contributed by atoms with E-state index in [-0.39, 0.29) is 11.9 Å².